The van der Waals surface area contributed by atoms with Crippen LogP contribution in [-0.4, -0.2) is 52.7 Å². The number of pyridine rings is 2. The van der Waals surface area contributed by atoms with Gasteiger partial charge in [0.2, 0.25) is 11.3 Å². The van der Waals surface area contributed by atoms with Gasteiger partial charge < -0.3 is 19.9 Å². The van der Waals surface area contributed by atoms with E-state index in [0.717, 1.165) is 16.8 Å². The van der Waals surface area contributed by atoms with Gasteiger partial charge in [0.15, 0.2) is 0 Å². The molecule has 0 fully saturated rings. The first-order chi connectivity index (χ1) is 22.1. The molecule has 2 aromatic carbocycles. The topological polar surface area (TPSA) is 144 Å². The van der Waals surface area contributed by atoms with Crippen LogP contribution < -0.4 is 26.2 Å². The van der Waals surface area contributed by atoms with Crippen molar-refractivity contribution >= 4 is 35.0 Å². The third-order valence-corrected chi connectivity index (χ3v) is 7.85. The molecule has 11 nitrogen and oxygen atoms in total. The number of ether oxygens (including phenoxy) is 1. The summed E-state index contributed by atoms with van der Waals surface area (Å²) in [7, 11) is 1.58. The molecule has 11 heteroatoms. The highest BCUT2D eigenvalue weighted by molar-refractivity contribution is 6.00. The van der Waals surface area contributed by atoms with Crippen LogP contribution in [0.3, 0.4) is 0 Å². The molecule has 0 aliphatic rings. The van der Waals surface area contributed by atoms with Crippen LogP contribution in [-0.2, 0) is 22.6 Å². The largest absolute Gasteiger partial charge is 0.497 e. The van der Waals surface area contributed by atoms with Crippen molar-refractivity contribution in [3.8, 4) is 5.75 Å². The van der Waals surface area contributed by atoms with Crippen LogP contribution >= 0.6 is 0 Å². The van der Waals surface area contributed by atoms with Gasteiger partial charge in [-0.3, -0.25) is 19.2 Å². The van der Waals surface area contributed by atoms with E-state index in [1.54, 1.807) is 48.1 Å². The van der Waals surface area contributed by atoms with E-state index in [4.69, 9.17) is 4.74 Å². The molecule has 0 aliphatic carbocycles. The number of nitrogens with one attached hydrogen (secondary N) is 3. The molecule has 3 N–H and O–H groups in total. The van der Waals surface area contributed by atoms with Crippen molar-refractivity contribution in [1.29, 1.82) is 0 Å². The van der Waals surface area contributed by atoms with Crippen molar-refractivity contribution in [2.24, 2.45) is 11.0 Å². The Bertz CT molecular complexity index is 1770. The molecular weight excluding hydrogens is 584 g/mol. The number of carbonyl (C=O) groups excluding carboxylic acids is 3. The lowest BCUT2D eigenvalue weighted by Gasteiger charge is -2.26. The van der Waals surface area contributed by atoms with Gasteiger partial charge in [0.05, 0.1) is 18.7 Å². The molecule has 2 heterocycles. The quantitative estimate of drug-likeness (QED) is 0.153. The first-order valence-corrected chi connectivity index (χ1v) is 15.3. The van der Waals surface area contributed by atoms with Crippen LogP contribution in [0, 0.1) is 12.8 Å². The molecule has 240 valence electrons. The number of nitrogens with zero attached hydrogens (tertiary/aromatic N) is 3. The Morgan fingerprint density at radius 1 is 0.978 bits per heavy atom. The van der Waals surface area contributed by atoms with E-state index < -0.39 is 35.2 Å². The van der Waals surface area contributed by atoms with Crippen LogP contribution in [0.1, 0.15) is 54.4 Å². The summed E-state index contributed by atoms with van der Waals surface area (Å²) in [6, 6.07) is 17.8. The molecule has 46 heavy (non-hydrogen) atoms. The van der Waals surface area contributed by atoms with Crippen molar-refractivity contribution in [2.75, 3.05) is 7.11 Å². The van der Waals surface area contributed by atoms with Crippen molar-refractivity contribution in [2.45, 2.75) is 59.2 Å². The molecule has 0 aliphatic heterocycles. The zero-order valence-electron chi connectivity index (χ0n) is 26.7. The Labute approximate surface area is 268 Å². The minimum Gasteiger partial charge on any atom is -0.497 e. The Balaban J connectivity index is 1.56. The third-order valence-electron chi connectivity index (χ3n) is 7.85. The minimum absolute atomic E-state index is 0.0902. The van der Waals surface area contributed by atoms with E-state index in [1.807, 2.05) is 58.0 Å². The Hall–Kier alpha value is -5.32. The van der Waals surface area contributed by atoms with E-state index in [9.17, 15) is 19.2 Å². The second-order valence-electron chi connectivity index (χ2n) is 11.1. The van der Waals surface area contributed by atoms with Gasteiger partial charge in [-0.2, -0.15) is 5.10 Å². The summed E-state index contributed by atoms with van der Waals surface area (Å²) in [5.41, 5.74) is 4.77. The number of amides is 3. The van der Waals surface area contributed by atoms with Crippen molar-refractivity contribution in [3.63, 3.8) is 0 Å². The maximum absolute atomic E-state index is 13.8. The van der Waals surface area contributed by atoms with Crippen molar-refractivity contribution in [1.82, 2.24) is 25.6 Å². The standard InChI is InChI=1S/C35H40N6O5/c1-6-22(3)30(39-33(43)28-21-41(7-2)32-27(31(28)42)18-13-23(4)37-32)35(45)38-29(19-24-11-9-8-10-12-24)34(44)40-36-20-25-14-16-26(46-5)17-15-25/h8-18,20-22,29-30H,6-7,19H2,1-5H3,(H,38,45)(H,39,43)(H,40,44)/b36-20+. The third kappa shape index (κ3) is 8.23. The molecular formula is C35H40N6O5. The van der Waals surface area contributed by atoms with E-state index in [-0.39, 0.29) is 17.9 Å². The van der Waals surface area contributed by atoms with E-state index in [2.05, 4.69) is 26.1 Å². The highest BCUT2D eigenvalue weighted by Gasteiger charge is 2.31. The van der Waals surface area contributed by atoms with Gasteiger partial charge in [-0.1, -0.05) is 50.6 Å². The molecule has 0 saturated carbocycles. The fraction of sp³-hybridized carbons (Fsp3) is 0.314. The molecule has 0 saturated heterocycles. The Morgan fingerprint density at radius 2 is 1.70 bits per heavy atom. The summed E-state index contributed by atoms with van der Waals surface area (Å²) in [6.45, 7) is 7.93. The summed E-state index contributed by atoms with van der Waals surface area (Å²) >= 11 is 0. The van der Waals surface area contributed by atoms with Crippen LogP contribution in [0.4, 0.5) is 0 Å². The van der Waals surface area contributed by atoms with Crippen LogP contribution in [0.2, 0.25) is 0 Å². The number of benzene rings is 2. The fourth-order valence-electron chi connectivity index (χ4n) is 4.94. The molecule has 2 aromatic heterocycles. The van der Waals surface area contributed by atoms with Crippen molar-refractivity contribution < 1.29 is 19.1 Å². The number of rotatable bonds is 13. The van der Waals surface area contributed by atoms with E-state index in [1.165, 1.54) is 12.4 Å². The first-order valence-electron chi connectivity index (χ1n) is 15.3. The highest BCUT2D eigenvalue weighted by Crippen LogP contribution is 2.14. The maximum atomic E-state index is 13.8. The molecule has 3 amide bonds. The summed E-state index contributed by atoms with van der Waals surface area (Å²) in [4.78, 5) is 58.5. The molecule has 3 unspecified atom stereocenters. The van der Waals surface area contributed by atoms with Gasteiger partial charge >= 0.3 is 0 Å². The summed E-state index contributed by atoms with van der Waals surface area (Å²) in [5, 5.41) is 10.0. The highest BCUT2D eigenvalue weighted by atomic mass is 16.5. The second-order valence-corrected chi connectivity index (χ2v) is 11.1. The van der Waals surface area contributed by atoms with Gasteiger partial charge in [0.1, 0.15) is 29.0 Å². The Morgan fingerprint density at radius 3 is 2.35 bits per heavy atom. The lowest BCUT2D eigenvalue weighted by atomic mass is 9.96. The average Bonchev–Trinajstić information content (AvgIpc) is 3.07. The van der Waals surface area contributed by atoms with E-state index >= 15 is 0 Å². The summed E-state index contributed by atoms with van der Waals surface area (Å²) in [5.74, 6) is -1.37. The molecule has 3 atom stereocenters. The van der Waals surface area contributed by atoms with E-state index in [0.29, 0.717) is 29.7 Å². The normalized spacial score (nSPS) is 13.2. The zero-order chi connectivity index (χ0) is 33.2. The van der Waals surface area contributed by atoms with Gasteiger partial charge in [0, 0.05) is 24.9 Å². The number of methoxy groups -OCH3 is 1. The fourth-order valence-corrected chi connectivity index (χ4v) is 4.94. The predicted octanol–water partition coefficient (Wildman–Crippen LogP) is 3.76. The zero-order valence-corrected chi connectivity index (χ0v) is 26.7. The smallest absolute Gasteiger partial charge is 0.262 e. The number of aryl methyl sites for hydroxylation is 2. The predicted molar refractivity (Wildman–Crippen MR) is 178 cm³/mol. The molecule has 0 radical (unpaired) electrons. The number of carbonyl (C=O) groups is 3. The number of aromatic nitrogens is 2. The number of fused-ring (bicyclic) bond motifs is 1. The Kier molecular flexibility index (Phi) is 11.4. The second kappa shape index (κ2) is 15.6. The van der Waals surface area contributed by atoms with Crippen molar-refractivity contribution in [3.05, 3.63) is 106 Å². The lowest BCUT2D eigenvalue weighted by Crippen LogP contribution is -2.56. The van der Waals surface area contributed by atoms with Gasteiger partial charge in [-0.25, -0.2) is 10.4 Å². The minimum atomic E-state index is -1.02. The molecule has 4 rings (SSSR count). The molecule has 0 bridgehead atoms. The lowest BCUT2D eigenvalue weighted by molar-refractivity contribution is -0.130. The van der Waals surface area contributed by atoms with Crippen LogP contribution in [0.5, 0.6) is 5.75 Å². The maximum Gasteiger partial charge on any atom is 0.262 e. The van der Waals surface area contributed by atoms with Crippen LogP contribution in [0.25, 0.3) is 11.0 Å². The van der Waals surface area contributed by atoms with Gasteiger partial charge in [-0.15, -0.1) is 0 Å². The molecule has 4 aromatic rings. The number of hydrazone groups is 1. The monoisotopic (exact) mass is 624 g/mol. The SMILES string of the molecule is CCC(C)C(NC(=O)c1cn(CC)c2nc(C)ccc2c1=O)C(=O)NC(Cc1ccccc1)C(=O)N/N=C/c1ccc(OC)cc1. The number of hydrogen-bond acceptors (Lipinski definition) is 7. The van der Waals surface area contributed by atoms with Gasteiger partial charge in [0.25, 0.3) is 11.8 Å². The number of hydrogen-bond donors (Lipinski definition) is 3. The average molecular weight is 625 g/mol. The summed E-state index contributed by atoms with van der Waals surface area (Å²) in [6.07, 6.45) is 3.71. The van der Waals surface area contributed by atoms with Crippen LogP contribution in [0.15, 0.2) is 82.8 Å². The summed E-state index contributed by atoms with van der Waals surface area (Å²) < 4.78 is 6.91. The van der Waals surface area contributed by atoms with Gasteiger partial charge in [-0.05, 0) is 67.3 Å². The molecule has 0 spiro atoms. The first kappa shape index (κ1) is 33.6.